The van der Waals surface area contributed by atoms with E-state index in [4.69, 9.17) is 14.2 Å². The predicted molar refractivity (Wildman–Crippen MR) is 238 cm³/mol. The number of nitrogens with zero attached hydrogens (tertiary/aromatic N) is 9. The normalized spacial score (nSPS) is 15.9. The molecule has 6 heterocycles. The standard InChI is InChI=1S/C22H24N6O3S2.C18H15N5O3S2/c1-28(6-7-30-2)22(29)12-4-5-13-17(8-12)32-21-19(13)20(23-11-24-21)25-14-10-18-15(26-27-33-18)9-16(14)31-3;1-26-12-5-11-14(28-23-22-11)6-10(12)21-16-15-9-3-2-8(18(24)25)4-13(9)27-17(15)20-7-19-16/h9-12H,4-8H2,1-3H3,(H,23,24,25);5-8H,2-4H2,1H3,(H,24,25)(H,19,20,21)/t12-;8-/m00/s1. The van der Waals surface area contributed by atoms with Crippen LogP contribution in [0, 0.1) is 11.8 Å². The van der Waals surface area contributed by atoms with Gasteiger partial charge in [-0.1, -0.05) is 8.98 Å². The van der Waals surface area contributed by atoms with E-state index in [2.05, 4.69) is 49.7 Å². The summed E-state index contributed by atoms with van der Waals surface area (Å²) in [6.07, 6.45) is 7.36. The lowest BCUT2D eigenvalue weighted by atomic mass is 9.87. The molecule has 21 heteroatoms. The number of amides is 1. The first-order chi connectivity index (χ1) is 29.7. The van der Waals surface area contributed by atoms with E-state index in [-0.39, 0.29) is 17.7 Å². The molecule has 314 valence electrons. The molecule has 0 bridgehead atoms. The van der Waals surface area contributed by atoms with E-state index in [1.165, 1.54) is 39.8 Å². The second kappa shape index (κ2) is 17.3. The van der Waals surface area contributed by atoms with E-state index in [9.17, 15) is 14.7 Å². The first-order valence-electron chi connectivity index (χ1n) is 19.3. The van der Waals surface area contributed by atoms with Crippen LogP contribution in [0.1, 0.15) is 33.7 Å². The zero-order valence-corrected chi connectivity index (χ0v) is 36.7. The number of aryl methyl sites for hydroxylation is 2. The van der Waals surface area contributed by atoms with E-state index in [0.717, 1.165) is 87.8 Å². The maximum Gasteiger partial charge on any atom is 0.306 e. The van der Waals surface area contributed by atoms with E-state index >= 15 is 0 Å². The van der Waals surface area contributed by atoms with Gasteiger partial charge in [0.1, 0.15) is 56.5 Å². The topological polar surface area (TPSA) is 212 Å². The molecule has 0 unspecified atom stereocenters. The fourth-order valence-electron chi connectivity index (χ4n) is 7.89. The summed E-state index contributed by atoms with van der Waals surface area (Å²) in [7, 11) is 6.74. The second-order valence-electron chi connectivity index (χ2n) is 14.6. The number of ether oxygens (including phenoxy) is 3. The first-order valence-corrected chi connectivity index (χ1v) is 22.5. The van der Waals surface area contributed by atoms with Gasteiger partial charge in [-0.3, -0.25) is 9.59 Å². The van der Waals surface area contributed by atoms with E-state index in [1.54, 1.807) is 55.2 Å². The summed E-state index contributed by atoms with van der Waals surface area (Å²) in [6, 6.07) is 7.65. The lowest BCUT2D eigenvalue weighted by Gasteiger charge is -2.26. The number of methoxy groups -OCH3 is 3. The van der Waals surface area contributed by atoms with Crippen molar-refractivity contribution in [2.45, 2.75) is 38.5 Å². The van der Waals surface area contributed by atoms with Crippen molar-refractivity contribution in [1.29, 1.82) is 0 Å². The summed E-state index contributed by atoms with van der Waals surface area (Å²) in [6.45, 7) is 1.15. The number of benzene rings is 2. The highest BCUT2D eigenvalue weighted by Gasteiger charge is 2.32. The number of nitrogens with one attached hydrogen (secondary N) is 2. The summed E-state index contributed by atoms with van der Waals surface area (Å²) in [5.41, 5.74) is 5.56. The Kier molecular flexibility index (Phi) is 11.5. The number of likely N-dealkylation sites (N-methyl/N-ethyl adjacent to an activating group) is 1. The molecule has 2 aliphatic rings. The quantitative estimate of drug-likeness (QED) is 0.116. The molecule has 17 nitrogen and oxygen atoms in total. The largest absolute Gasteiger partial charge is 0.494 e. The average molecular weight is 898 g/mol. The average Bonchev–Trinajstić information content (AvgIpc) is 4.09. The highest BCUT2D eigenvalue weighted by molar-refractivity contribution is 7.19. The first kappa shape index (κ1) is 40.7. The minimum Gasteiger partial charge on any atom is -0.494 e. The number of carbonyl (C=O) groups is 2. The van der Waals surface area contributed by atoms with Gasteiger partial charge in [0.05, 0.1) is 58.3 Å². The fourth-order valence-corrected chi connectivity index (χ4v) is 11.6. The number of aliphatic carboxylic acids is 1. The molecule has 0 radical (unpaired) electrons. The van der Waals surface area contributed by atoms with Crippen molar-refractivity contribution in [2.24, 2.45) is 11.8 Å². The Labute approximate surface area is 364 Å². The number of rotatable bonds is 11. The van der Waals surface area contributed by atoms with Crippen LogP contribution in [-0.2, 0) is 40.0 Å². The van der Waals surface area contributed by atoms with Gasteiger partial charge >= 0.3 is 5.97 Å². The molecule has 2 atom stereocenters. The third-order valence-corrected chi connectivity index (χ3v) is 14.7. The Balaban J connectivity index is 0.000000158. The summed E-state index contributed by atoms with van der Waals surface area (Å²) in [5, 5.41) is 26.4. The maximum atomic E-state index is 12.9. The Bertz CT molecular complexity index is 2930. The van der Waals surface area contributed by atoms with Crippen molar-refractivity contribution in [1.82, 2.24) is 44.0 Å². The van der Waals surface area contributed by atoms with Gasteiger partial charge in [-0.2, -0.15) is 0 Å². The number of thiophene rings is 2. The summed E-state index contributed by atoms with van der Waals surface area (Å²) < 4.78 is 26.1. The molecule has 8 aromatic rings. The van der Waals surface area contributed by atoms with E-state index in [0.29, 0.717) is 49.7 Å². The molecule has 61 heavy (non-hydrogen) atoms. The third kappa shape index (κ3) is 7.98. The van der Waals surface area contributed by atoms with Crippen molar-refractivity contribution in [3.63, 3.8) is 0 Å². The monoisotopic (exact) mass is 897 g/mol. The van der Waals surface area contributed by atoms with E-state index < -0.39 is 5.97 Å². The van der Waals surface area contributed by atoms with Crippen LogP contribution in [0.25, 0.3) is 40.9 Å². The van der Waals surface area contributed by atoms with Crippen LogP contribution >= 0.6 is 45.7 Å². The van der Waals surface area contributed by atoms with Crippen molar-refractivity contribution >= 4 is 121 Å². The molecule has 0 fully saturated rings. The number of carboxylic acids is 1. The zero-order valence-electron chi connectivity index (χ0n) is 33.4. The molecule has 0 aliphatic heterocycles. The van der Waals surface area contributed by atoms with Crippen LogP contribution in [0.15, 0.2) is 36.9 Å². The number of carbonyl (C=O) groups excluding carboxylic acids is 1. The van der Waals surface area contributed by atoms with Crippen LogP contribution in [0.3, 0.4) is 0 Å². The lowest BCUT2D eigenvalue weighted by molar-refractivity contribution is -0.142. The minimum atomic E-state index is -0.733. The molecule has 10 rings (SSSR count). The summed E-state index contributed by atoms with van der Waals surface area (Å²) in [4.78, 5) is 48.1. The minimum absolute atomic E-state index is 0.0156. The Morgan fingerprint density at radius 3 is 1.75 bits per heavy atom. The van der Waals surface area contributed by atoms with Crippen LogP contribution in [0.4, 0.5) is 23.0 Å². The number of carboxylic acid groups (broad SMARTS) is 1. The Hall–Kier alpha value is -5.74. The molecule has 0 saturated carbocycles. The maximum absolute atomic E-state index is 12.9. The van der Waals surface area contributed by atoms with Crippen molar-refractivity contribution in [2.75, 3.05) is 52.2 Å². The van der Waals surface area contributed by atoms with Crippen molar-refractivity contribution < 1.29 is 28.9 Å². The predicted octanol–water partition coefficient (Wildman–Crippen LogP) is 7.30. The van der Waals surface area contributed by atoms with Crippen molar-refractivity contribution in [3.05, 3.63) is 57.8 Å². The van der Waals surface area contributed by atoms with Gasteiger partial charge in [-0.05, 0) is 84.8 Å². The van der Waals surface area contributed by atoms with Crippen LogP contribution in [0.5, 0.6) is 11.5 Å². The Morgan fingerprint density at radius 1 is 0.754 bits per heavy atom. The molecule has 2 aromatic carbocycles. The molecular weight excluding hydrogens is 859 g/mol. The molecule has 6 aromatic heterocycles. The number of hydrogen-bond acceptors (Lipinski definition) is 19. The van der Waals surface area contributed by atoms with Crippen molar-refractivity contribution in [3.8, 4) is 11.5 Å². The molecule has 0 spiro atoms. The molecular formula is C40H39N11O6S4. The molecule has 3 N–H and O–H groups in total. The SMILES string of the molecule is COCCN(C)C(=O)[C@H]1CCc2c(sc3ncnc(Nc4cc5snnc5cc4OC)c23)C1.COc1cc2nnsc2cc1Nc1ncnc2sc3c(c12)CC[C@H](C(=O)O)C3. The summed E-state index contributed by atoms with van der Waals surface area (Å²) >= 11 is 5.87. The van der Waals surface area contributed by atoms with Gasteiger partial charge in [0.25, 0.3) is 0 Å². The van der Waals surface area contributed by atoms with Gasteiger partial charge in [0, 0.05) is 48.5 Å². The Morgan fingerprint density at radius 2 is 1.26 bits per heavy atom. The highest BCUT2D eigenvalue weighted by atomic mass is 32.1. The number of fused-ring (bicyclic) bond motifs is 8. The van der Waals surface area contributed by atoms with Gasteiger partial charge in [0.2, 0.25) is 5.91 Å². The van der Waals surface area contributed by atoms with E-state index in [1.807, 2.05) is 31.3 Å². The van der Waals surface area contributed by atoms with Crippen LogP contribution in [-0.4, -0.2) is 103 Å². The third-order valence-electron chi connectivity index (χ3n) is 11.0. The summed E-state index contributed by atoms with van der Waals surface area (Å²) in [5.74, 6) is 1.88. The second-order valence-corrected chi connectivity index (χ2v) is 18.4. The molecule has 1 amide bonds. The van der Waals surface area contributed by atoms with Gasteiger partial charge in [0.15, 0.2) is 0 Å². The van der Waals surface area contributed by atoms with Gasteiger partial charge < -0.3 is 34.9 Å². The lowest BCUT2D eigenvalue weighted by Crippen LogP contribution is -2.37. The van der Waals surface area contributed by atoms with Crippen LogP contribution in [0.2, 0.25) is 0 Å². The molecule has 0 saturated heterocycles. The van der Waals surface area contributed by atoms with Crippen LogP contribution < -0.4 is 20.1 Å². The van der Waals surface area contributed by atoms with Gasteiger partial charge in [-0.25, -0.2) is 19.9 Å². The number of anilines is 4. The number of hydrogen-bond donors (Lipinski definition) is 3. The highest BCUT2D eigenvalue weighted by Crippen LogP contribution is 2.44. The molecule has 2 aliphatic carbocycles. The number of aromatic nitrogens is 8. The zero-order chi connectivity index (χ0) is 42.2. The van der Waals surface area contributed by atoms with Gasteiger partial charge in [-0.15, -0.1) is 32.9 Å². The fraction of sp³-hybridized carbons (Fsp3) is 0.350. The smallest absolute Gasteiger partial charge is 0.306 e.